The Balaban J connectivity index is 1.22. The molecule has 33 heavy (non-hydrogen) atoms. The molecule has 1 fully saturated rings. The van der Waals surface area contributed by atoms with Crippen LogP contribution in [-0.4, -0.2) is 70.3 Å². The molecule has 3 aromatic rings. The highest BCUT2D eigenvalue weighted by atomic mass is 19.4. The van der Waals surface area contributed by atoms with E-state index in [2.05, 4.69) is 25.7 Å². The molecule has 0 aliphatic carbocycles. The molecule has 1 aliphatic heterocycles. The van der Waals surface area contributed by atoms with Crippen molar-refractivity contribution in [3.8, 4) is 5.69 Å². The van der Waals surface area contributed by atoms with Crippen molar-refractivity contribution in [3.63, 3.8) is 0 Å². The van der Waals surface area contributed by atoms with Crippen LogP contribution in [-0.2, 0) is 6.18 Å². The summed E-state index contributed by atoms with van der Waals surface area (Å²) in [5.74, 6) is -0.199. The predicted octanol–water partition coefficient (Wildman–Crippen LogP) is 2.62. The summed E-state index contributed by atoms with van der Waals surface area (Å²) in [4.78, 5) is 16.8. The number of para-hydroxylation sites is 1. The van der Waals surface area contributed by atoms with E-state index < -0.39 is 11.7 Å². The maximum atomic E-state index is 13.0. The number of anilines is 1. The summed E-state index contributed by atoms with van der Waals surface area (Å²) >= 11 is 0. The van der Waals surface area contributed by atoms with Crippen LogP contribution in [0.2, 0.25) is 0 Å². The summed E-state index contributed by atoms with van der Waals surface area (Å²) in [7, 11) is 0. The van der Waals surface area contributed by atoms with Crippen LogP contribution >= 0.6 is 0 Å². The summed E-state index contributed by atoms with van der Waals surface area (Å²) in [6.07, 6.45) is -2.14. The third kappa shape index (κ3) is 5.67. The summed E-state index contributed by atoms with van der Waals surface area (Å²) in [5.41, 5.74) is 1.06. The molecule has 0 unspecified atom stereocenters. The number of tetrazole rings is 1. The van der Waals surface area contributed by atoms with Gasteiger partial charge in [0, 0.05) is 38.4 Å². The lowest BCUT2D eigenvalue weighted by molar-refractivity contribution is -0.137. The van der Waals surface area contributed by atoms with Crippen LogP contribution in [0.25, 0.3) is 5.69 Å². The number of nitrogens with one attached hydrogen (secondary N) is 1. The molecule has 0 atom stereocenters. The molecule has 0 radical (unpaired) electrons. The number of carbonyl (C=O) groups excluding carboxylic acids is 1. The fourth-order valence-electron chi connectivity index (χ4n) is 3.85. The van der Waals surface area contributed by atoms with Gasteiger partial charge in [0.25, 0.3) is 5.91 Å². The van der Waals surface area contributed by atoms with Gasteiger partial charge in [0.1, 0.15) is 6.33 Å². The zero-order valence-electron chi connectivity index (χ0n) is 17.9. The molecule has 1 saturated heterocycles. The first-order valence-electron chi connectivity index (χ1n) is 10.7. The summed E-state index contributed by atoms with van der Waals surface area (Å²) in [6, 6.07) is 12.6. The maximum Gasteiger partial charge on any atom is 0.416 e. The van der Waals surface area contributed by atoms with E-state index in [4.69, 9.17) is 0 Å². The van der Waals surface area contributed by atoms with E-state index >= 15 is 0 Å². The standard InChI is InChI=1S/C22H24F3N7O/c23-22(24,25)17-5-3-6-18(15-17)31-13-11-30(12-14-31)10-4-9-26-21(33)19-7-1-2-8-20(19)32-16-27-28-29-32/h1-3,5-8,15-16H,4,9-14H2,(H,26,33). The molecule has 1 aliphatic rings. The van der Waals surface area contributed by atoms with Gasteiger partial charge < -0.3 is 10.2 Å². The van der Waals surface area contributed by atoms with Gasteiger partial charge >= 0.3 is 6.18 Å². The number of alkyl halides is 3. The van der Waals surface area contributed by atoms with Gasteiger partial charge in [-0.15, -0.1) is 5.10 Å². The highest BCUT2D eigenvalue weighted by Crippen LogP contribution is 2.31. The topological polar surface area (TPSA) is 79.2 Å². The fraction of sp³-hybridized carbons (Fsp3) is 0.364. The third-order valence-electron chi connectivity index (χ3n) is 5.59. The van der Waals surface area contributed by atoms with Crippen LogP contribution in [0.5, 0.6) is 0 Å². The van der Waals surface area contributed by atoms with Gasteiger partial charge in [-0.25, -0.2) is 0 Å². The van der Waals surface area contributed by atoms with Crippen molar-refractivity contribution >= 4 is 11.6 Å². The van der Waals surface area contributed by atoms with E-state index in [-0.39, 0.29) is 5.91 Å². The molecule has 1 aromatic heterocycles. The fourth-order valence-corrected chi connectivity index (χ4v) is 3.85. The number of piperazine rings is 1. The van der Waals surface area contributed by atoms with Crippen LogP contribution < -0.4 is 10.2 Å². The average Bonchev–Trinajstić information content (AvgIpc) is 3.37. The minimum absolute atomic E-state index is 0.199. The van der Waals surface area contributed by atoms with Gasteiger partial charge in [-0.1, -0.05) is 18.2 Å². The van der Waals surface area contributed by atoms with E-state index in [1.54, 1.807) is 24.3 Å². The van der Waals surface area contributed by atoms with Crippen molar-refractivity contribution in [3.05, 3.63) is 66.0 Å². The predicted molar refractivity (Wildman–Crippen MR) is 116 cm³/mol. The normalized spacial score (nSPS) is 14.9. The number of nitrogens with zero attached hydrogens (tertiary/aromatic N) is 6. The van der Waals surface area contributed by atoms with Gasteiger partial charge in [0.05, 0.1) is 16.8 Å². The van der Waals surface area contributed by atoms with Crippen LogP contribution in [0.1, 0.15) is 22.3 Å². The van der Waals surface area contributed by atoms with Crippen molar-refractivity contribution in [2.24, 2.45) is 0 Å². The molecule has 0 spiro atoms. The molecule has 1 N–H and O–H groups in total. The molecule has 4 rings (SSSR count). The number of carbonyl (C=O) groups is 1. The van der Waals surface area contributed by atoms with Crippen LogP contribution in [0.4, 0.5) is 18.9 Å². The highest BCUT2D eigenvalue weighted by molar-refractivity contribution is 5.97. The van der Waals surface area contributed by atoms with E-state index in [1.165, 1.54) is 23.1 Å². The Kier molecular flexibility index (Phi) is 6.87. The van der Waals surface area contributed by atoms with E-state index in [1.807, 2.05) is 11.0 Å². The largest absolute Gasteiger partial charge is 0.416 e. The molecular weight excluding hydrogens is 435 g/mol. The van der Waals surface area contributed by atoms with E-state index in [0.717, 1.165) is 32.1 Å². The Labute approximate surface area is 189 Å². The minimum Gasteiger partial charge on any atom is -0.369 e. The van der Waals surface area contributed by atoms with E-state index in [0.29, 0.717) is 36.6 Å². The first-order chi connectivity index (χ1) is 15.9. The maximum absolute atomic E-state index is 13.0. The Morgan fingerprint density at radius 2 is 1.82 bits per heavy atom. The number of aromatic nitrogens is 4. The molecule has 2 heterocycles. The summed E-state index contributed by atoms with van der Waals surface area (Å²) in [6.45, 7) is 4.14. The van der Waals surface area contributed by atoms with Crippen LogP contribution in [0, 0.1) is 0 Å². The van der Waals surface area contributed by atoms with Gasteiger partial charge in [-0.3, -0.25) is 9.69 Å². The number of rotatable bonds is 7. The Bertz CT molecular complexity index is 1060. The number of halogens is 3. The molecule has 0 saturated carbocycles. The van der Waals surface area contributed by atoms with Crippen molar-refractivity contribution in [1.82, 2.24) is 30.4 Å². The van der Waals surface area contributed by atoms with Crippen LogP contribution in [0.3, 0.4) is 0 Å². The van der Waals surface area contributed by atoms with Crippen molar-refractivity contribution < 1.29 is 18.0 Å². The van der Waals surface area contributed by atoms with Gasteiger partial charge in [-0.2, -0.15) is 17.9 Å². The lowest BCUT2D eigenvalue weighted by atomic mass is 10.1. The molecule has 174 valence electrons. The second-order valence-electron chi connectivity index (χ2n) is 7.76. The first kappa shape index (κ1) is 22.7. The van der Waals surface area contributed by atoms with Crippen LogP contribution in [0.15, 0.2) is 54.9 Å². The Morgan fingerprint density at radius 1 is 1.03 bits per heavy atom. The van der Waals surface area contributed by atoms with Gasteiger partial charge in [-0.05, 0) is 53.7 Å². The molecule has 11 heteroatoms. The number of benzene rings is 2. The SMILES string of the molecule is O=C(NCCCN1CCN(c2cccc(C(F)(F)F)c2)CC1)c1ccccc1-n1cnnn1. The van der Waals surface area contributed by atoms with E-state index in [9.17, 15) is 18.0 Å². The van der Waals surface area contributed by atoms with Crippen molar-refractivity contribution in [2.45, 2.75) is 12.6 Å². The smallest absolute Gasteiger partial charge is 0.369 e. The lowest BCUT2D eigenvalue weighted by Crippen LogP contribution is -2.47. The van der Waals surface area contributed by atoms with Crippen molar-refractivity contribution in [2.75, 3.05) is 44.2 Å². The summed E-state index contributed by atoms with van der Waals surface area (Å²) in [5, 5.41) is 14.0. The zero-order chi connectivity index (χ0) is 23.3. The summed E-state index contributed by atoms with van der Waals surface area (Å²) < 4.78 is 40.3. The number of hydrogen-bond acceptors (Lipinski definition) is 6. The molecule has 0 bridgehead atoms. The number of amides is 1. The van der Waals surface area contributed by atoms with Gasteiger partial charge in [0.15, 0.2) is 0 Å². The molecule has 1 amide bonds. The second kappa shape index (κ2) is 9.99. The molecule has 8 nitrogen and oxygen atoms in total. The first-order valence-corrected chi connectivity index (χ1v) is 10.7. The monoisotopic (exact) mass is 459 g/mol. The average molecular weight is 459 g/mol. The van der Waals surface area contributed by atoms with Crippen molar-refractivity contribution in [1.29, 1.82) is 0 Å². The van der Waals surface area contributed by atoms with Gasteiger partial charge in [0.2, 0.25) is 0 Å². The lowest BCUT2D eigenvalue weighted by Gasteiger charge is -2.36. The molecular formula is C22H24F3N7O. The second-order valence-corrected chi connectivity index (χ2v) is 7.76. The highest BCUT2D eigenvalue weighted by Gasteiger charge is 2.31. The number of hydrogen-bond donors (Lipinski definition) is 1. The molecule has 2 aromatic carbocycles. The zero-order valence-corrected chi connectivity index (χ0v) is 17.9. The quantitative estimate of drug-likeness (QED) is 0.548. The Morgan fingerprint density at radius 3 is 2.55 bits per heavy atom. The Hall–Kier alpha value is -3.47. The third-order valence-corrected chi connectivity index (χ3v) is 5.59. The minimum atomic E-state index is -4.34.